The van der Waals surface area contributed by atoms with Gasteiger partial charge >= 0.3 is 12.0 Å². The maximum atomic E-state index is 13.0. The Morgan fingerprint density at radius 3 is 2.62 bits per heavy atom. The zero-order valence-corrected chi connectivity index (χ0v) is 13.3. The third-order valence-electron chi connectivity index (χ3n) is 3.85. The van der Waals surface area contributed by atoms with Gasteiger partial charge in [-0.2, -0.15) is 0 Å². The second kappa shape index (κ2) is 6.77. The number of rotatable bonds is 6. The molecule has 0 unspecified atom stereocenters. The number of ketones is 1. The molecule has 1 heterocycles. The second-order valence-electron chi connectivity index (χ2n) is 5.60. The molecule has 1 aliphatic heterocycles. The van der Waals surface area contributed by atoms with Crippen LogP contribution in [0.2, 0.25) is 0 Å². The second-order valence-corrected chi connectivity index (χ2v) is 5.60. The van der Waals surface area contributed by atoms with E-state index in [4.69, 9.17) is 4.74 Å². The number of imide groups is 1. The Labute approximate surface area is 137 Å². The summed E-state index contributed by atoms with van der Waals surface area (Å²) in [6.45, 7) is 2.11. The number of halogens is 1. The maximum Gasteiger partial charge on any atom is 0.326 e. The van der Waals surface area contributed by atoms with Crippen LogP contribution in [0.3, 0.4) is 0 Å². The summed E-state index contributed by atoms with van der Waals surface area (Å²) in [5, 5.41) is 2.50. The number of Topliss-reactive ketones (excluding diaryl/α,β-unsaturated/α-hetero) is 1. The summed E-state index contributed by atoms with van der Waals surface area (Å²) < 4.78 is 17.8. The molecular weight excluding hydrogens is 319 g/mol. The van der Waals surface area contributed by atoms with Crippen molar-refractivity contribution in [2.45, 2.75) is 25.8 Å². The highest BCUT2D eigenvalue weighted by Crippen LogP contribution is 2.20. The van der Waals surface area contributed by atoms with Gasteiger partial charge in [-0.3, -0.25) is 19.3 Å². The Balaban J connectivity index is 1.91. The molecule has 0 aliphatic carbocycles. The highest BCUT2D eigenvalue weighted by Gasteiger charge is 2.47. The number of nitrogens with one attached hydrogen (secondary N) is 1. The first-order valence-corrected chi connectivity index (χ1v) is 7.35. The summed E-state index contributed by atoms with van der Waals surface area (Å²) in [6.07, 6.45) is 0.376. The van der Waals surface area contributed by atoms with Crippen molar-refractivity contribution in [3.63, 3.8) is 0 Å². The Kier molecular flexibility index (Phi) is 4.96. The summed E-state index contributed by atoms with van der Waals surface area (Å²) in [6, 6.07) is 4.29. The quantitative estimate of drug-likeness (QED) is 0.480. The van der Waals surface area contributed by atoms with Crippen molar-refractivity contribution < 1.29 is 28.3 Å². The molecule has 1 atom stereocenters. The minimum absolute atomic E-state index is 0.0661. The van der Waals surface area contributed by atoms with Gasteiger partial charge in [0.2, 0.25) is 0 Å². The monoisotopic (exact) mass is 336 g/mol. The van der Waals surface area contributed by atoms with E-state index in [1.807, 2.05) is 0 Å². The van der Waals surface area contributed by atoms with Crippen molar-refractivity contribution >= 4 is 23.7 Å². The van der Waals surface area contributed by atoms with E-state index >= 15 is 0 Å². The fraction of sp³-hybridized carbons (Fsp3) is 0.375. The van der Waals surface area contributed by atoms with E-state index < -0.39 is 48.2 Å². The summed E-state index contributed by atoms with van der Waals surface area (Å²) >= 11 is 0. The molecule has 7 nitrogen and oxygen atoms in total. The number of benzene rings is 1. The molecule has 0 radical (unpaired) electrons. The molecule has 1 aliphatic rings. The normalized spacial score (nSPS) is 20.0. The molecule has 24 heavy (non-hydrogen) atoms. The van der Waals surface area contributed by atoms with Crippen LogP contribution in [0.1, 0.15) is 30.6 Å². The Morgan fingerprint density at radius 1 is 1.33 bits per heavy atom. The number of nitrogens with zero attached hydrogens (tertiary/aromatic N) is 1. The zero-order chi connectivity index (χ0) is 17.9. The lowest BCUT2D eigenvalue weighted by atomic mass is 9.99. The van der Waals surface area contributed by atoms with Crippen molar-refractivity contribution in [2.75, 3.05) is 13.2 Å². The first-order valence-electron chi connectivity index (χ1n) is 7.35. The number of hydrogen-bond donors (Lipinski definition) is 1. The number of urea groups is 1. The molecule has 0 aromatic heterocycles. The van der Waals surface area contributed by atoms with Crippen molar-refractivity contribution in [1.82, 2.24) is 10.2 Å². The summed E-state index contributed by atoms with van der Waals surface area (Å²) in [5.74, 6) is -2.59. The Morgan fingerprint density at radius 2 is 2.04 bits per heavy atom. The van der Waals surface area contributed by atoms with Gasteiger partial charge in [-0.15, -0.1) is 0 Å². The van der Waals surface area contributed by atoms with Gasteiger partial charge in [0.25, 0.3) is 5.91 Å². The van der Waals surface area contributed by atoms with Crippen LogP contribution in [0.5, 0.6) is 0 Å². The van der Waals surface area contributed by atoms with Crippen molar-refractivity contribution in [3.05, 3.63) is 35.6 Å². The Hall–Kier alpha value is -2.77. The van der Waals surface area contributed by atoms with Crippen molar-refractivity contribution in [3.8, 4) is 0 Å². The molecular formula is C16H17FN2O5. The fourth-order valence-electron chi connectivity index (χ4n) is 2.20. The van der Waals surface area contributed by atoms with Crippen LogP contribution in [0.4, 0.5) is 9.18 Å². The number of amides is 3. The Bertz CT molecular complexity index is 705. The van der Waals surface area contributed by atoms with E-state index in [2.05, 4.69) is 5.32 Å². The van der Waals surface area contributed by atoms with Gasteiger partial charge in [-0.05, 0) is 25.5 Å². The van der Waals surface area contributed by atoms with Crippen LogP contribution in [-0.2, 0) is 14.3 Å². The molecule has 1 aromatic carbocycles. The van der Waals surface area contributed by atoms with Crippen LogP contribution >= 0.6 is 0 Å². The highest BCUT2D eigenvalue weighted by molar-refractivity contribution is 6.08. The number of carbonyl (C=O) groups is 4. The van der Waals surface area contributed by atoms with Crippen LogP contribution in [0.15, 0.2) is 24.3 Å². The van der Waals surface area contributed by atoms with E-state index in [9.17, 15) is 23.6 Å². The minimum Gasteiger partial charge on any atom is -0.456 e. The van der Waals surface area contributed by atoms with Gasteiger partial charge in [0.1, 0.15) is 17.9 Å². The van der Waals surface area contributed by atoms with Gasteiger partial charge in [0, 0.05) is 5.56 Å². The number of carbonyl (C=O) groups excluding carboxylic acids is 4. The number of ether oxygens (including phenoxy) is 1. The average molecular weight is 336 g/mol. The summed E-state index contributed by atoms with van der Waals surface area (Å²) in [5.41, 5.74) is -0.981. The lowest BCUT2D eigenvalue weighted by Gasteiger charge is -2.18. The summed E-state index contributed by atoms with van der Waals surface area (Å²) in [4.78, 5) is 48.2. The zero-order valence-electron chi connectivity index (χ0n) is 13.3. The van der Waals surface area contributed by atoms with Crippen LogP contribution in [0.25, 0.3) is 0 Å². The first-order chi connectivity index (χ1) is 11.3. The summed E-state index contributed by atoms with van der Waals surface area (Å²) in [7, 11) is 0. The third kappa shape index (κ3) is 3.58. The highest BCUT2D eigenvalue weighted by atomic mass is 19.1. The van der Waals surface area contributed by atoms with Gasteiger partial charge in [-0.25, -0.2) is 9.18 Å². The van der Waals surface area contributed by atoms with Crippen molar-refractivity contribution in [1.29, 1.82) is 0 Å². The SMILES string of the molecule is CC[C@@]1(C)NC(=O)N(CC(=O)OCC(=O)c2cccc(F)c2)C1=O. The standard InChI is InChI=1S/C16H17FN2O5/c1-3-16(2)14(22)19(15(23)18-16)8-13(21)24-9-12(20)10-5-4-6-11(17)7-10/h4-7H,3,8-9H2,1-2H3,(H,18,23)/t16-/m1/s1. The molecule has 2 rings (SSSR count). The van der Waals surface area contributed by atoms with Crippen LogP contribution < -0.4 is 5.32 Å². The molecule has 0 bridgehead atoms. The lowest BCUT2D eigenvalue weighted by Crippen LogP contribution is -2.43. The van der Waals surface area contributed by atoms with E-state index in [0.29, 0.717) is 6.42 Å². The van der Waals surface area contributed by atoms with Gasteiger partial charge in [0.15, 0.2) is 12.4 Å². The van der Waals surface area contributed by atoms with E-state index in [-0.39, 0.29) is 5.56 Å². The largest absolute Gasteiger partial charge is 0.456 e. The van der Waals surface area contributed by atoms with E-state index in [0.717, 1.165) is 11.0 Å². The van der Waals surface area contributed by atoms with Crippen molar-refractivity contribution in [2.24, 2.45) is 0 Å². The molecule has 1 fully saturated rings. The predicted octanol–water partition coefficient (Wildman–Crippen LogP) is 1.27. The predicted molar refractivity (Wildman–Crippen MR) is 80.6 cm³/mol. The van der Waals surface area contributed by atoms with Crippen LogP contribution in [-0.4, -0.2) is 47.3 Å². The molecule has 128 valence electrons. The van der Waals surface area contributed by atoms with E-state index in [1.54, 1.807) is 13.8 Å². The molecule has 1 saturated heterocycles. The van der Waals surface area contributed by atoms with Gasteiger partial charge in [0.05, 0.1) is 0 Å². The average Bonchev–Trinajstić information content (AvgIpc) is 2.76. The fourth-order valence-corrected chi connectivity index (χ4v) is 2.20. The minimum atomic E-state index is -1.05. The lowest BCUT2D eigenvalue weighted by molar-refractivity contribution is -0.146. The molecule has 0 saturated carbocycles. The molecule has 0 spiro atoms. The maximum absolute atomic E-state index is 13.0. The van der Waals surface area contributed by atoms with E-state index in [1.165, 1.54) is 18.2 Å². The third-order valence-corrected chi connectivity index (χ3v) is 3.85. The van der Waals surface area contributed by atoms with Crippen LogP contribution in [0, 0.1) is 5.82 Å². The van der Waals surface area contributed by atoms with Gasteiger partial charge < -0.3 is 10.1 Å². The first kappa shape index (κ1) is 17.6. The molecule has 3 amide bonds. The topological polar surface area (TPSA) is 92.8 Å². The molecule has 1 aromatic rings. The smallest absolute Gasteiger partial charge is 0.326 e. The van der Waals surface area contributed by atoms with Gasteiger partial charge in [-0.1, -0.05) is 19.1 Å². The number of hydrogen-bond acceptors (Lipinski definition) is 5. The number of esters is 1. The molecule has 1 N–H and O–H groups in total. The molecule has 8 heteroatoms.